The number of rotatable bonds is 7. The number of furan rings is 1. The van der Waals surface area contributed by atoms with Crippen LogP contribution in [0.1, 0.15) is 37.5 Å². The van der Waals surface area contributed by atoms with E-state index in [1.54, 1.807) is 6.26 Å². The zero-order valence-electron chi connectivity index (χ0n) is 11.8. The summed E-state index contributed by atoms with van der Waals surface area (Å²) in [6.45, 7) is 6.46. The average Bonchev–Trinajstić information content (AvgIpc) is 2.93. The van der Waals surface area contributed by atoms with Crippen LogP contribution in [0.3, 0.4) is 0 Å². The van der Waals surface area contributed by atoms with E-state index in [0.29, 0.717) is 11.8 Å². The SMILES string of the molecule is CC(C)[C@H](CCNCc1ccccc1)c1ccco1. The fraction of sp³-hybridized carbons (Fsp3) is 0.412. The van der Waals surface area contributed by atoms with Crippen LogP contribution in [0.25, 0.3) is 0 Å². The Labute approximate surface area is 115 Å². The van der Waals surface area contributed by atoms with Crippen LogP contribution < -0.4 is 5.32 Å². The van der Waals surface area contributed by atoms with Gasteiger partial charge in [0.1, 0.15) is 5.76 Å². The molecule has 0 aliphatic heterocycles. The maximum Gasteiger partial charge on any atom is 0.107 e. The molecule has 0 fully saturated rings. The minimum atomic E-state index is 0.498. The Bertz CT molecular complexity index is 447. The first-order chi connectivity index (χ1) is 9.27. The van der Waals surface area contributed by atoms with Gasteiger partial charge in [-0.15, -0.1) is 0 Å². The van der Waals surface area contributed by atoms with Crippen molar-refractivity contribution in [2.45, 2.75) is 32.7 Å². The van der Waals surface area contributed by atoms with Crippen molar-refractivity contribution in [3.8, 4) is 0 Å². The summed E-state index contributed by atoms with van der Waals surface area (Å²) < 4.78 is 5.54. The van der Waals surface area contributed by atoms with Gasteiger partial charge >= 0.3 is 0 Å². The minimum Gasteiger partial charge on any atom is -0.469 e. The summed E-state index contributed by atoms with van der Waals surface area (Å²) in [4.78, 5) is 0. The Balaban J connectivity index is 1.77. The monoisotopic (exact) mass is 257 g/mol. The molecule has 0 spiro atoms. The Hall–Kier alpha value is -1.54. The number of benzene rings is 1. The molecule has 0 unspecified atom stereocenters. The average molecular weight is 257 g/mol. The predicted molar refractivity (Wildman–Crippen MR) is 79.1 cm³/mol. The van der Waals surface area contributed by atoms with Crippen LogP contribution in [0.15, 0.2) is 53.1 Å². The van der Waals surface area contributed by atoms with Gasteiger partial charge in [-0.1, -0.05) is 44.2 Å². The van der Waals surface area contributed by atoms with Crippen molar-refractivity contribution in [1.29, 1.82) is 0 Å². The van der Waals surface area contributed by atoms with E-state index < -0.39 is 0 Å². The van der Waals surface area contributed by atoms with E-state index in [9.17, 15) is 0 Å². The van der Waals surface area contributed by atoms with Crippen LogP contribution in [0.5, 0.6) is 0 Å². The van der Waals surface area contributed by atoms with E-state index in [2.05, 4.69) is 55.6 Å². The molecular formula is C17H23NO. The molecular weight excluding hydrogens is 234 g/mol. The first-order valence-corrected chi connectivity index (χ1v) is 7.05. The van der Waals surface area contributed by atoms with Crippen LogP contribution in [0.4, 0.5) is 0 Å². The summed E-state index contributed by atoms with van der Waals surface area (Å²) in [5.41, 5.74) is 1.33. The van der Waals surface area contributed by atoms with Crippen molar-refractivity contribution < 1.29 is 4.42 Å². The molecule has 0 saturated carbocycles. The van der Waals surface area contributed by atoms with Crippen LogP contribution in [0.2, 0.25) is 0 Å². The van der Waals surface area contributed by atoms with E-state index in [1.807, 2.05) is 6.07 Å². The van der Waals surface area contributed by atoms with E-state index >= 15 is 0 Å². The highest BCUT2D eigenvalue weighted by molar-refractivity contribution is 5.14. The van der Waals surface area contributed by atoms with Crippen LogP contribution in [-0.4, -0.2) is 6.54 Å². The van der Waals surface area contributed by atoms with Crippen molar-refractivity contribution in [3.63, 3.8) is 0 Å². The molecule has 0 amide bonds. The van der Waals surface area contributed by atoms with Crippen molar-refractivity contribution >= 4 is 0 Å². The molecule has 2 nitrogen and oxygen atoms in total. The molecule has 0 bridgehead atoms. The van der Waals surface area contributed by atoms with Crippen LogP contribution in [0, 0.1) is 5.92 Å². The predicted octanol–water partition coefficient (Wildman–Crippen LogP) is 4.20. The quantitative estimate of drug-likeness (QED) is 0.752. The van der Waals surface area contributed by atoms with Gasteiger partial charge in [0.05, 0.1) is 6.26 Å². The first kappa shape index (κ1) is 13.9. The minimum absolute atomic E-state index is 0.498. The highest BCUT2D eigenvalue weighted by atomic mass is 16.3. The number of hydrogen-bond donors (Lipinski definition) is 1. The normalized spacial score (nSPS) is 12.8. The molecule has 1 atom stereocenters. The largest absolute Gasteiger partial charge is 0.469 e. The summed E-state index contributed by atoms with van der Waals surface area (Å²) in [5, 5.41) is 3.51. The molecule has 0 aliphatic carbocycles. The molecule has 19 heavy (non-hydrogen) atoms. The Morgan fingerprint density at radius 3 is 2.47 bits per heavy atom. The summed E-state index contributed by atoms with van der Waals surface area (Å²) >= 11 is 0. The van der Waals surface area contributed by atoms with Crippen LogP contribution >= 0.6 is 0 Å². The Morgan fingerprint density at radius 2 is 1.84 bits per heavy atom. The van der Waals surface area contributed by atoms with Crippen molar-refractivity contribution in [2.24, 2.45) is 5.92 Å². The third-order valence-corrected chi connectivity index (χ3v) is 3.52. The molecule has 0 saturated heterocycles. The lowest BCUT2D eigenvalue weighted by atomic mass is 9.90. The van der Waals surface area contributed by atoms with Gasteiger partial charge in [0.2, 0.25) is 0 Å². The van der Waals surface area contributed by atoms with E-state index in [1.165, 1.54) is 5.56 Å². The Morgan fingerprint density at radius 1 is 1.05 bits per heavy atom. The topological polar surface area (TPSA) is 25.2 Å². The third-order valence-electron chi connectivity index (χ3n) is 3.52. The molecule has 1 aromatic heterocycles. The first-order valence-electron chi connectivity index (χ1n) is 7.05. The van der Waals surface area contributed by atoms with Crippen molar-refractivity contribution in [2.75, 3.05) is 6.54 Å². The number of nitrogens with one attached hydrogen (secondary N) is 1. The molecule has 2 heteroatoms. The summed E-state index contributed by atoms with van der Waals surface area (Å²) in [6.07, 6.45) is 2.88. The molecule has 2 aromatic rings. The molecule has 1 N–H and O–H groups in total. The lowest BCUT2D eigenvalue weighted by Gasteiger charge is -2.18. The second kappa shape index (κ2) is 7.15. The zero-order valence-corrected chi connectivity index (χ0v) is 11.8. The van der Waals surface area contributed by atoms with E-state index in [0.717, 1.165) is 25.3 Å². The van der Waals surface area contributed by atoms with E-state index in [-0.39, 0.29) is 0 Å². The molecule has 0 aliphatic rings. The molecule has 2 rings (SSSR count). The van der Waals surface area contributed by atoms with Gasteiger partial charge in [0.25, 0.3) is 0 Å². The number of hydrogen-bond acceptors (Lipinski definition) is 2. The lowest BCUT2D eigenvalue weighted by Crippen LogP contribution is -2.19. The summed E-state index contributed by atoms with van der Waals surface area (Å²) in [7, 11) is 0. The highest BCUT2D eigenvalue weighted by Crippen LogP contribution is 2.27. The molecule has 102 valence electrons. The van der Waals surface area contributed by atoms with Crippen LogP contribution in [-0.2, 0) is 6.54 Å². The summed E-state index contributed by atoms with van der Waals surface area (Å²) in [6, 6.07) is 14.6. The van der Waals surface area contributed by atoms with Gasteiger partial charge in [-0.25, -0.2) is 0 Å². The molecule has 1 heterocycles. The van der Waals surface area contributed by atoms with Gasteiger partial charge < -0.3 is 9.73 Å². The molecule has 0 radical (unpaired) electrons. The van der Waals surface area contributed by atoms with Gasteiger partial charge in [0.15, 0.2) is 0 Å². The van der Waals surface area contributed by atoms with Crippen molar-refractivity contribution in [3.05, 3.63) is 60.1 Å². The summed E-state index contributed by atoms with van der Waals surface area (Å²) in [5.74, 6) is 2.21. The Kier molecular flexibility index (Phi) is 5.22. The standard InChI is InChI=1S/C17H23NO/c1-14(2)16(17-9-6-12-19-17)10-11-18-13-15-7-4-3-5-8-15/h3-9,12,14,16,18H,10-11,13H2,1-2H3/t16-/m0/s1. The fourth-order valence-electron chi connectivity index (χ4n) is 2.39. The smallest absolute Gasteiger partial charge is 0.107 e. The van der Waals surface area contributed by atoms with Crippen molar-refractivity contribution in [1.82, 2.24) is 5.32 Å². The second-order valence-corrected chi connectivity index (χ2v) is 5.32. The zero-order chi connectivity index (χ0) is 13.5. The van der Waals surface area contributed by atoms with Gasteiger partial charge in [0, 0.05) is 12.5 Å². The third kappa shape index (κ3) is 4.25. The lowest BCUT2D eigenvalue weighted by molar-refractivity contribution is 0.372. The van der Waals surface area contributed by atoms with Gasteiger partial charge in [-0.3, -0.25) is 0 Å². The fourth-order valence-corrected chi connectivity index (χ4v) is 2.39. The maximum absolute atomic E-state index is 5.54. The van der Waals surface area contributed by atoms with Gasteiger partial charge in [-0.2, -0.15) is 0 Å². The maximum atomic E-state index is 5.54. The molecule has 1 aromatic carbocycles. The second-order valence-electron chi connectivity index (χ2n) is 5.32. The van der Waals surface area contributed by atoms with E-state index in [4.69, 9.17) is 4.42 Å². The highest BCUT2D eigenvalue weighted by Gasteiger charge is 2.17. The van der Waals surface area contributed by atoms with Gasteiger partial charge in [-0.05, 0) is 36.6 Å².